The fourth-order valence-electron chi connectivity index (χ4n) is 1.47. The zero-order chi connectivity index (χ0) is 13.8. The molecule has 0 spiro atoms. The number of carboxylic acid groups (broad SMARTS) is 1. The highest BCUT2D eigenvalue weighted by Crippen LogP contribution is 2.17. The maximum Gasteiger partial charge on any atom is 0.304 e. The van der Waals surface area contributed by atoms with Crippen LogP contribution >= 0.6 is 0 Å². The van der Waals surface area contributed by atoms with Crippen molar-refractivity contribution < 1.29 is 23.1 Å². The first kappa shape index (κ1) is 14.5. The van der Waals surface area contributed by atoms with Gasteiger partial charge < -0.3 is 9.84 Å². The van der Waals surface area contributed by atoms with Crippen molar-refractivity contribution in [2.75, 3.05) is 7.11 Å². The summed E-state index contributed by atoms with van der Waals surface area (Å²) in [5, 5.41) is 7.71. The molecule has 18 heavy (non-hydrogen) atoms. The number of hydrogen-bond acceptors (Lipinski definition) is 4. The van der Waals surface area contributed by atoms with Crippen LogP contribution in [0.4, 0.5) is 0 Å². The van der Waals surface area contributed by atoms with E-state index < -0.39 is 21.1 Å². The second kappa shape index (κ2) is 5.86. The molecule has 0 heterocycles. The van der Waals surface area contributed by atoms with Crippen LogP contribution in [0.25, 0.3) is 0 Å². The lowest BCUT2D eigenvalue weighted by atomic mass is 10.2. The summed E-state index contributed by atoms with van der Waals surface area (Å²) in [4.78, 5) is 10.5. The SMILES string of the molecule is COc1ccc(CS(=O)(=O)C(C)CC(=O)O)cc1. The summed E-state index contributed by atoms with van der Waals surface area (Å²) in [6.45, 7) is 1.41. The van der Waals surface area contributed by atoms with Crippen molar-refractivity contribution in [2.45, 2.75) is 24.3 Å². The number of methoxy groups -OCH3 is 1. The minimum Gasteiger partial charge on any atom is -0.497 e. The van der Waals surface area contributed by atoms with E-state index in [4.69, 9.17) is 9.84 Å². The predicted octanol–water partition coefficient (Wildman–Crippen LogP) is 1.47. The van der Waals surface area contributed by atoms with Crippen molar-refractivity contribution in [2.24, 2.45) is 0 Å². The summed E-state index contributed by atoms with van der Waals surface area (Å²) in [5.41, 5.74) is 0.619. The molecule has 0 fully saturated rings. The van der Waals surface area contributed by atoms with Crippen molar-refractivity contribution in [3.8, 4) is 5.75 Å². The number of rotatable bonds is 6. The highest BCUT2D eigenvalue weighted by molar-refractivity contribution is 7.91. The smallest absolute Gasteiger partial charge is 0.304 e. The fraction of sp³-hybridized carbons (Fsp3) is 0.417. The standard InChI is InChI=1S/C12H16O5S/c1-9(7-12(13)14)18(15,16)8-10-3-5-11(17-2)6-4-10/h3-6,9H,7-8H2,1-2H3,(H,13,14). The lowest BCUT2D eigenvalue weighted by Gasteiger charge is -2.11. The monoisotopic (exact) mass is 272 g/mol. The zero-order valence-corrected chi connectivity index (χ0v) is 11.1. The molecule has 0 aliphatic rings. The van der Waals surface area contributed by atoms with Gasteiger partial charge in [0.05, 0.1) is 24.5 Å². The molecule has 1 aromatic rings. The first-order chi connectivity index (χ1) is 8.35. The van der Waals surface area contributed by atoms with Gasteiger partial charge in [0, 0.05) is 0 Å². The van der Waals surface area contributed by atoms with Crippen LogP contribution in [0.5, 0.6) is 5.75 Å². The lowest BCUT2D eigenvalue weighted by molar-refractivity contribution is -0.136. The Morgan fingerprint density at radius 2 is 1.89 bits per heavy atom. The fourth-order valence-corrected chi connectivity index (χ4v) is 2.81. The molecule has 100 valence electrons. The normalized spacial score (nSPS) is 13.0. The van der Waals surface area contributed by atoms with Gasteiger partial charge in [0.25, 0.3) is 0 Å². The van der Waals surface area contributed by atoms with Crippen LogP contribution in [0.3, 0.4) is 0 Å². The minimum absolute atomic E-state index is 0.161. The van der Waals surface area contributed by atoms with Gasteiger partial charge in [0.1, 0.15) is 5.75 Å². The van der Waals surface area contributed by atoms with Gasteiger partial charge in [-0.3, -0.25) is 4.79 Å². The third-order valence-electron chi connectivity index (χ3n) is 2.60. The highest BCUT2D eigenvalue weighted by Gasteiger charge is 2.23. The summed E-state index contributed by atoms with van der Waals surface area (Å²) >= 11 is 0. The van der Waals surface area contributed by atoms with E-state index in [9.17, 15) is 13.2 Å². The van der Waals surface area contributed by atoms with Crippen molar-refractivity contribution in [3.05, 3.63) is 29.8 Å². The van der Waals surface area contributed by atoms with Gasteiger partial charge in [-0.1, -0.05) is 12.1 Å². The quantitative estimate of drug-likeness (QED) is 0.848. The van der Waals surface area contributed by atoms with Gasteiger partial charge in [0.2, 0.25) is 0 Å². The van der Waals surface area contributed by atoms with Crippen LogP contribution in [-0.4, -0.2) is 31.9 Å². The van der Waals surface area contributed by atoms with Crippen molar-refractivity contribution >= 4 is 15.8 Å². The first-order valence-electron chi connectivity index (χ1n) is 5.41. The molecule has 0 aliphatic heterocycles. The zero-order valence-electron chi connectivity index (χ0n) is 10.3. The summed E-state index contributed by atoms with van der Waals surface area (Å²) in [5.74, 6) is -0.624. The Morgan fingerprint density at radius 3 is 2.33 bits per heavy atom. The average molecular weight is 272 g/mol. The number of benzene rings is 1. The van der Waals surface area contributed by atoms with E-state index in [1.54, 1.807) is 24.3 Å². The van der Waals surface area contributed by atoms with E-state index in [1.165, 1.54) is 14.0 Å². The average Bonchev–Trinajstić information content (AvgIpc) is 2.28. The molecule has 1 N–H and O–H groups in total. The van der Waals surface area contributed by atoms with E-state index in [2.05, 4.69) is 0 Å². The molecule has 5 nitrogen and oxygen atoms in total. The predicted molar refractivity (Wildman–Crippen MR) is 67.3 cm³/mol. The van der Waals surface area contributed by atoms with Crippen LogP contribution in [0.2, 0.25) is 0 Å². The molecular formula is C12H16O5S. The molecule has 1 unspecified atom stereocenters. The third-order valence-corrected chi connectivity index (χ3v) is 4.73. The molecule has 0 amide bonds. The molecule has 0 saturated heterocycles. The molecule has 0 aliphatic carbocycles. The Kier molecular flexibility index (Phi) is 4.72. The highest BCUT2D eigenvalue weighted by atomic mass is 32.2. The number of hydrogen-bond donors (Lipinski definition) is 1. The number of sulfone groups is 1. The molecular weight excluding hydrogens is 256 g/mol. The molecule has 6 heteroatoms. The molecule has 0 aromatic heterocycles. The number of carbonyl (C=O) groups is 1. The van der Waals surface area contributed by atoms with E-state index in [0.29, 0.717) is 11.3 Å². The van der Waals surface area contributed by atoms with Crippen LogP contribution in [-0.2, 0) is 20.4 Å². The van der Waals surface area contributed by atoms with Crippen LogP contribution in [0.15, 0.2) is 24.3 Å². The molecule has 0 bridgehead atoms. The third kappa shape index (κ3) is 4.03. The van der Waals surface area contributed by atoms with Gasteiger partial charge in [-0.15, -0.1) is 0 Å². The molecule has 1 rings (SSSR count). The largest absolute Gasteiger partial charge is 0.497 e. The molecule has 1 atom stereocenters. The second-order valence-electron chi connectivity index (χ2n) is 4.06. The topological polar surface area (TPSA) is 80.7 Å². The van der Waals surface area contributed by atoms with Crippen LogP contribution in [0.1, 0.15) is 18.9 Å². The Hall–Kier alpha value is -1.56. The second-order valence-corrected chi connectivity index (χ2v) is 6.48. The number of carboxylic acids is 1. The van der Waals surface area contributed by atoms with Crippen LogP contribution in [0, 0.1) is 0 Å². The van der Waals surface area contributed by atoms with Crippen molar-refractivity contribution in [1.29, 1.82) is 0 Å². The van der Waals surface area contributed by atoms with E-state index in [0.717, 1.165) is 0 Å². The Balaban J connectivity index is 2.78. The summed E-state index contributed by atoms with van der Waals surface area (Å²) in [7, 11) is -1.92. The maximum absolute atomic E-state index is 11.9. The van der Waals surface area contributed by atoms with Crippen molar-refractivity contribution in [3.63, 3.8) is 0 Å². The summed E-state index contributed by atoms with van der Waals surface area (Å²) in [6, 6.07) is 6.66. The molecule has 0 radical (unpaired) electrons. The van der Waals surface area contributed by atoms with E-state index in [-0.39, 0.29) is 12.2 Å². The van der Waals surface area contributed by atoms with E-state index >= 15 is 0 Å². The van der Waals surface area contributed by atoms with Gasteiger partial charge in [-0.25, -0.2) is 8.42 Å². The maximum atomic E-state index is 11.9. The minimum atomic E-state index is -3.45. The first-order valence-corrected chi connectivity index (χ1v) is 7.13. The number of aliphatic carboxylic acids is 1. The number of ether oxygens (including phenoxy) is 1. The Labute approximate surface area is 106 Å². The van der Waals surface area contributed by atoms with E-state index in [1.807, 2.05) is 0 Å². The Morgan fingerprint density at radius 1 is 1.33 bits per heavy atom. The molecule has 1 aromatic carbocycles. The summed E-state index contributed by atoms with van der Waals surface area (Å²) < 4.78 is 28.8. The van der Waals surface area contributed by atoms with Gasteiger partial charge in [-0.2, -0.15) is 0 Å². The van der Waals surface area contributed by atoms with Gasteiger partial charge >= 0.3 is 5.97 Å². The summed E-state index contributed by atoms with van der Waals surface area (Å²) in [6.07, 6.45) is -0.376. The van der Waals surface area contributed by atoms with Crippen molar-refractivity contribution in [1.82, 2.24) is 0 Å². The van der Waals surface area contributed by atoms with Crippen LogP contribution < -0.4 is 4.74 Å². The van der Waals surface area contributed by atoms with Gasteiger partial charge in [0.15, 0.2) is 9.84 Å². The Bertz CT molecular complexity index is 504. The molecule has 0 saturated carbocycles. The lowest BCUT2D eigenvalue weighted by Crippen LogP contribution is -2.22. The van der Waals surface area contributed by atoms with Gasteiger partial charge in [-0.05, 0) is 24.6 Å².